The molecule has 1 aromatic heterocycles. The van der Waals surface area contributed by atoms with E-state index >= 15 is 0 Å². The molecule has 0 unspecified atom stereocenters. The normalized spacial score (nSPS) is 11.9. The number of rotatable bonds is 3. The highest BCUT2D eigenvalue weighted by molar-refractivity contribution is 5.70. The molecule has 0 aliphatic rings. The maximum Gasteiger partial charge on any atom is 0.0756 e. The first-order chi connectivity index (χ1) is 9.32. The molecule has 2 rings (SSSR count). The first-order valence-electron chi connectivity index (χ1n) is 7.11. The summed E-state index contributed by atoms with van der Waals surface area (Å²) in [4.78, 5) is 0. The van der Waals surface area contributed by atoms with Gasteiger partial charge in [-0.3, -0.25) is 4.68 Å². The van der Waals surface area contributed by atoms with Crippen molar-refractivity contribution >= 4 is 0 Å². The van der Waals surface area contributed by atoms with Crippen molar-refractivity contribution in [3.63, 3.8) is 0 Å². The average molecular weight is 271 g/mol. The molecule has 20 heavy (non-hydrogen) atoms. The third-order valence-corrected chi connectivity index (χ3v) is 3.51. The number of benzene rings is 1. The molecule has 108 valence electrons. The molecule has 0 aliphatic carbocycles. The fraction of sp³-hybridized carbons (Fsp3) is 0.471. The molecule has 1 N–H and O–H groups in total. The number of hydrogen-bond acceptors (Lipinski definition) is 2. The Bertz CT molecular complexity index is 603. The smallest absolute Gasteiger partial charge is 0.0756 e. The molecule has 1 heterocycles. The van der Waals surface area contributed by atoms with E-state index in [1.807, 2.05) is 18.8 Å². The molecule has 0 saturated heterocycles. The second-order valence-electron chi connectivity index (χ2n) is 6.49. The molecule has 0 aliphatic heterocycles. The lowest BCUT2D eigenvalue weighted by Gasteiger charge is -2.18. The van der Waals surface area contributed by atoms with Gasteiger partial charge in [0.2, 0.25) is 0 Å². The monoisotopic (exact) mass is 271 g/mol. The van der Waals surface area contributed by atoms with E-state index in [1.165, 1.54) is 22.3 Å². The van der Waals surface area contributed by atoms with E-state index in [-0.39, 0.29) is 5.41 Å². The minimum Gasteiger partial charge on any atom is -0.316 e. The van der Waals surface area contributed by atoms with Crippen LogP contribution in [0, 0.1) is 6.92 Å². The minimum absolute atomic E-state index is 0.0437. The molecule has 0 fully saturated rings. The van der Waals surface area contributed by atoms with Crippen LogP contribution < -0.4 is 5.32 Å². The van der Waals surface area contributed by atoms with Gasteiger partial charge in [0.05, 0.1) is 5.69 Å². The van der Waals surface area contributed by atoms with E-state index in [4.69, 9.17) is 0 Å². The maximum absolute atomic E-state index is 4.68. The Morgan fingerprint density at radius 2 is 1.90 bits per heavy atom. The van der Waals surface area contributed by atoms with Crippen molar-refractivity contribution in [2.24, 2.45) is 7.05 Å². The Morgan fingerprint density at radius 1 is 1.20 bits per heavy atom. The van der Waals surface area contributed by atoms with Gasteiger partial charge in [0, 0.05) is 30.8 Å². The highest BCUT2D eigenvalue weighted by Gasteiger charge is 2.23. The maximum atomic E-state index is 4.68. The lowest BCUT2D eigenvalue weighted by molar-refractivity contribution is 0.554. The summed E-state index contributed by atoms with van der Waals surface area (Å²) in [5, 5.41) is 7.89. The second kappa shape index (κ2) is 5.41. The Labute approximate surface area is 122 Å². The van der Waals surface area contributed by atoms with Gasteiger partial charge in [-0.05, 0) is 36.7 Å². The summed E-state index contributed by atoms with van der Waals surface area (Å²) in [6.45, 7) is 9.69. The molecular weight excluding hydrogens is 246 g/mol. The minimum atomic E-state index is 0.0437. The van der Waals surface area contributed by atoms with E-state index in [1.54, 1.807) is 0 Å². The van der Waals surface area contributed by atoms with Crippen LogP contribution in [0.25, 0.3) is 11.1 Å². The number of aryl methyl sites for hydroxylation is 2. The van der Waals surface area contributed by atoms with Gasteiger partial charge in [0.1, 0.15) is 0 Å². The number of hydrogen-bond donors (Lipinski definition) is 1. The van der Waals surface area contributed by atoms with Gasteiger partial charge in [-0.1, -0.05) is 32.9 Å². The summed E-state index contributed by atoms with van der Waals surface area (Å²) in [6, 6.07) is 6.65. The van der Waals surface area contributed by atoms with Gasteiger partial charge in [0.25, 0.3) is 0 Å². The topological polar surface area (TPSA) is 29.9 Å². The molecule has 0 atom stereocenters. The zero-order chi connectivity index (χ0) is 14.9. The summed E-state index contributed by atoms with van der Waals surface area (Å²) < 4.78 is 1.92. The largest absolute Gasteiger partial charge is 0.316 e. The SMILES string of the molecule is CNCc1ccc(C)c(-c2cn(C)nc2C(C)(C)C)c1. The fourth-order valence-corrected chi connectivity index (χ4v) is 2.51. The number of nitrogens with one attached hydrogen (secondary N) is 1. The van der Waals surface area contributed by atoms with Crippen molar-refractivity contribution < 1.29 is 0 Å². The Morgan fingerprint density at radius 3 is 2.50 bits per heavy atom. The molecule has 0 bridgehead atoms. The Hall–Kier alpha value is -1.61. The van der Waals surface area contributed by atoms with Gasteiger partial charge in [0.15, 0.2) is 0 Å². The first-order valence-corrected chi connectivity index (χ1v) is 7.11. The average Bonchev–Trinajstić information content (AvgIpc) is 2.74. The van der Waals surface area contributed by atoms with E-state index in [2.05, 4.69) is 62.5 Å². The molecule has 1 aromatic carbocycles. The van der Waals surface area contributed by atoms with Crippen molar-refractivity contribution in [3.8, 4) is 11.1 Å². The summed E-state index contributed by atoms with van der Waals surface area (Å²) in [7, 11) is 3.97. The van der Waals surface area contributed by atoms with Gasteiger partial charge in [-0.2, -0.15) is 5.10 Å². The zero-order valence-corrected chi connectivity index (χ0v) is 13.4. The highest BCUT2D eigenvalue weighted by atomic mass is 15.3. The van der Waals surface area contributed by atoms with Crippen molar-refractivity contribution in [1.82, 2.24) is 15.1 Å². The molecule has 0 saturated carbocycles. The predicted molar refractivity (Wildman–Crippen MR) is 84.8 cm³/mol. The van der Waals surface area contributed by atoms with Crippen LogP contribution in [0.5, 0.6) is 0 Å². The third kappa shape index (κ3) is 2.93. The van der Waals surface area contributed by atoms with Crippen LogP contribution in [0.4, 0.5) is 0 Å². The highest BCUT2D eigenvalue weighted by Crippen LogP contribution is 2.33. The second-order valence-corrected chi connectivity index (χ2v) is 6.49. The molecule has 3 nitrogen and oxygen atoms in total. The molecule has 3 heteroatoms. The van der Waals surface area contributed by atoms with E-state index < -0.39 is 0 Å². The molecular formula is C17H25N3. The quantitative estimate of drug-likeness (QED) is 0.927. The van der Waals surface area contributed by atoms with Gasteiger partial charge < -0.3 is 5.32 Å². The first kappa shape index (κ1) is 14.8. The van der Waals surface area contributed by atoms with E-state index in [0.717, 1.165) is 12.2 Å². The summed E-state index contributed by atoms with van der Waals surface area (Å²) in [5.41, 5.74) is 6.33. The lowest BCUT2D eigenvalue weighted by Crippen LogP contribution is -2.14. The standard InChI is InChI=1S/C17H25N3/c1-12-7-8-13(10-18-5)9-14(12)15-11-20(6)19-16(15)17(2,3)4/h7-9,11,18H,10H2,1-6H3. The summed E-state index contributed by atoms with van der Waals surface area (Å²) in [5.74, 6) is 0. The van der Waals surface area contributed by atoms with E-state index in [9.17, 15) is 0 Å². The lowest BCUT2D eigenvalue weighted by atomic mass is 9.86. The van der Waals surface area contributed by atoms with Crippen LogP contribution in [-0.4, -0.2) is 16.8 Å². The molecule has 0 radical (unpaired) electrons. The van der Waals surface area contributed by atoms with Crippen LogP contribution in [0.2, 0.25) is 0 Å². The Kier molecular flexibility index (Phi) is 4.00. The van der Waals surface area contributed by atoms with Gasteiger partial charge in [-0.25, -0.2) is 0 Å². The molecule has 0 amide bonds. The summed E-state index contributed by atoms with van der Waals surface area (Å²) >= 11 is 0. The van der Waals surface area contributed by atoms with Gasteiger partial charge >= 0.3 is 0 Å². The fourth-order valence-electron chi connectivity index (χ4n) is 2.51. The predicted octanol–water partition coefficient (Wildman–Crippen LogP) is 3.41. The van der Waals surface area contributed by atoms with Crippen LogP contribution >= 0.6 is 0 Å². The molecule has 2 aromatic rings. The van der Waals surface area contributed by atoms with Crippen LogP contribution in [0.3, 0.4) is 0 Å². The Balaban J connectivity index is 2.59. The van der Waals surface area contributed by atoms with Gasteiger partial charge in [-0.15, -0.1) is 0 Å². The van der Waals surface area contributed by atoms with Crippen molar-refractivity contribution in [1.29, 1.82) is 0 Å². The third-order valence-electron chi connectivity index (χ3n) is 3.51. The summed E-state index contributed by atoms with van der Waals surface area (Å²) in [6.07, 6.45) is 2.13. The van der Waals surface area contributed by atoms with Crippen molar-refractivity contribution in [2.75, 3.05) is 7.05 Å². The van der Waals surface area contributed by atoms with E-state index in [0.29, 0.717) is 0 Å². The van der Waals surface area contributed by atoms with Crippen molar-refractivity contribution in [2.45, 2.75) is 39.7 Å². The molecule has 0 spiro atoms. The van der Waals surface area contributed by atoms with Crippen LogP contribution in [0.1, 0.15) is 37.6 Å². The van der Waals surface area contributed by atoms with Crippen LogP contribution in [0.15, 0.2) is 24.4 Å². The van der Waals surface area contributed by atoms with Crippen LogP contribution in [-0.2, 0) is 19.0 Å². The zero-order valence-electron chi connectivity index (χ0n) is 13.4. The van der Waals surface area contributed by atoms with Crippen molar-refractivity contribution in [3.05, 3.63) is 41.2 Å². The number of aromatic nitrogens is 2. The number of nitrogens with zero attached hydrogens (tertiary/aromatic N) is 2.